The summed E-state index contributed by atoms with van der Waals surface area (Å²) in [7, 11) is 0. The molecule has 0 saturated heterocycles. The van der Waals surface area contributed by atoms with Crippen LogP contribution in [0.3, 0.4) is 0 Å². The Morgan fingerprint density at radius 2 is 2.31 bits per heavy atom. The van der Waals surface area contributed by atoms with E-state index in [1.165, 1.54) is 30.7 Å². The van der Waals surface area contributed by atoms with Crippen molar-refractivity contribution in [3.8, 4) is 0 Å². The number of aryl methyl sites for hydroxylation is 1. The average Bonchev–Trinajstić information content (AvgIpc) is 2.85. The molecule has 1 fully saturated rings. The molecule has 0 radical (unpaired) electrons. The molecule has 0 amide bonds. The summed E-state index contributed by atoms with van der Waals surface area (Å²) in [4.78, 5) is 3.20. The van der Waals surface area contributed by atoms with E-state index in [1.54, 1.807) is 0 Å². The molecule has 0 bridgehead atoms. The summed E-state index contributed by atoms with van der Waals surface area (Å²) in [5.74, 6) is 1.21. The topological polar surface area (TPSA) is 20.7 Å². The van der Waals surface area contributed by atoms with Gasteiger partial charge in [0.25, 0.3) is 0 Å². The van der Waals surface area contributed by atoms with Gasteiger partial charge in [0.15, 0.2) is 4.77 Å². The number of imidazole rings is 1. The molecule has 2 rings (SSSR count). The minimum absolute atomic E-state index is 0.624. The van der Waals surface area contributed by atoms with Crippen molar-refractivity contribution in [2.45, 2.75) is 50.8 Å². The van der Waals surface area contributed by atoms with E-state index in [9.17, 15) is 0 Å². The van der Waals surface area contributed by atoms with Crippen LogP contribution in [0.2, 0.25) is 0 Å². The summed E-state index contributed by atoms with van der Waals surface area (Å²) in [6.45, 7) is 4.45. The summed E-state index contributed by atoms with van der Waals surface area (Å²) >= 11 is 7.50. The van der Waals surface area contributed by atoms with E-state index < -0.39 is 0 Å². The first-order valence-electron chi connectivity index (χ1n) is 6.18. The molecule has 0 aliphatic heterocycles. The number of nitrogens with one attached hydrogen (secondary N) is 1. The molecule has 2 unspecified atom stereocenters. The monoisotopic (exact) mass is 256 g/mol. The second kappa shape index (κ2) is 5.41. The van der Waals surface area contributed by atoms with Crippen LogP contribution >= 0.6 is 24.0 Å². The fourth-order valence-electron chi connectivity index (χ4n) is 2.66. The highest BCUT2D eigenvalue weighted by Gasteiger charge is 2.29. The van der Waals surface area contributed by atoms with E-state index in [0.717, 1.165) is 16.4 Å². The Labute approximate surface area is 107 Å². The molecule has 90 valence electrons. The van der Waals surface area contributed by atoms with Crippen molar-refractivity contribution in [3.63, 3.8) is 0 Å². The van der Waals surface area contributed by atoms with Gasteiger partial charge < -0.3 is 9.55 Å². The number of hydrogen-bond acceptors (Lipinski definition) is 2. The van der Waals surface area contributed by atoms with Gasteiger partial charge in [0, 0.05) is 23.2 Å². The van der Waals surface area contributed by atoms with Crippen molar-refractivity contribution in [2.75, 3.05) is 5.75 Å². The molecule has 1 heterocycles. The predicted octanol–water partition coefficient (Wildman–Crippen LogP) is 3.95. The predicted molar refractivity (Wildman–Crippen MR) is 73.8 cm³/mol. The lowest BCUT2D eigenvalue weighted by molar-refractivity contribution is 0.505. The molecule has 2 atom stereocenters. The number of rotatable bonds is 4. The third-order valence-electron chi connectivity index (χ3n) is 3.38. The molecule has 1 saturated carbocycles. The summed E-state index contributed by atoms with van der Waals surface area (Å²) in [5.41, 5.74) is 1.36. The van der Waals surface area contributed by atoms with Crippen LogP contribution in [0.25, 0.3) is 0 Å². The second-order valence-corrected chi connectivity index (χ2v) is 6.20. The largest absolute Gasteiger partial charge is 0.337 e. The highest BCUT2D eigenvalue weighted by molar-refractivity contribution is 7.99. The van der Waals surface area contributed by atoms with E-state index in [-0.39, 0.29) is 0 Å². The molecular formula is C12H20N2S2. The third-order valence-corrected chi connectivity index (χ3v) is 5.01. The van der Waals surface area contributed by atoms with Gasteiger partial charge in [-0.2, -0.15) is 11.8 Å². The van der Waals surface area contributed by atoms with Gasteiger partial charge in [-0.1, -0.05) is 20.3 Å². The Hall–Kier alpha value is -0.220. The maximum atomic E-state index is 5.41. The van der Waals surface area contributed by atoms with Gasteiger partial charge in [0.05, 0.1) is 0 Å². The zero-order valence-corrected chi connectivity index (χ0v) is 11.7. The van der Waals surface area contributed by atoms with Gasteiger partial charge in [-0.15, -0.1) is 0 Å². The van der Waals surface area contributed by atoms with E-state index in [1.807, 2.05) is 0 Å². The fraction of sp³-hybridized carbons (Fsp3) is 0.750. The van der Waals surface area contributed by atoms with Crippen LogP contribution in [-0.2, 0) is 6.42 Å². The first-order valence-corrected chi connectivity index (χ1v) is 7.64. The van der Waals surface area contributed by atoms with Crippen LogP contribution in [0, 0.1) is 4.77 Å². The Balaban J connectivity index is 2.28. The minimum atomic E-state index is 0.624. The Kier molecular flexibility index (Phi) is 4.14. The Bertz CT molecular complexity index is 394. The molecule has 16 heavy (non-hydrogen) atoms. The van der Waals surface area contributed by atoms with Crippen molar-refractivity contribution in [1.29, 1.82) is 0 Å². The molecule has 1 aliphatic carbocycles. The standard InChI is InChI=1S/C12H20N2S2/c1-3-9-8-13-12(15)14(9)10-6-5-7-11(10)16-4-2/h8,10-11H,3-7H2,1-2H3,(H,13,15). The van der Waals surface area contributed by atoms with Crippen LogP contribution in [0.5, 0.6) is 0 Å². The molecule has 1 N–H and O–H groups in total. The Morgan fingerprint density at radius 3 is 3.00 bits per heavy atom. The van der Waals surface area contributed by atoms with Gasteiger partial charge in [-0.25, -0.2) is 0 Å². The average molecular weight is 256 g/mol. The molecule has 1 aromatic heterocycles. The molecule has 0 aromatic carbocycles. The lowest BCUT2D eigenvalue weighted by Gasteiger charge is -2.22. The summed E-state index contributed by atoms with van der Waals surface area (Å²) in [6, 6.07) is 0.624. The maximum absolute atomic E-state index is 5.41. The van der Waals surface area contributed by atoms with E-state index in [2.05, 4.69) is 41.4 Å². The van der Waals surface area contributed by atoms with Gasteiger partial charge in [0.1, 0.15) is 0 Å². The summed E-state index contributed by atoms with van der Waals surface area (Å²) in [5, 5.41) is 0.762. The lowest BCUT2D eigenvalue weighted by Crippen LogP contribution is -2.18. The normalized spacial score (nSPS) is 25.1. The lowest BCUT2D eigenvalue weighted by atomic mass is 10.2. The Morgan fingerprint density at radius 1 is 1.50 bits per heavy atom. The van der Waals surface area contributed by atoms with E-state index in [4.69, 9.17) is 12.2 Å². The fourth-order valence-corrected chi connectivity index (χ4v) is 4.21. The molecular weight excluding hydrogens is 236 g/mol. The molecule has 1 aromatic rings. The minimum Gasteiger partial charge on any atom is -0.337 e. The van der Waals surface area contributed by atoms with Crippen LogP contribution in [0.4, 0.5) is 0 Å². The summed E-state index contributed by atoms with van der Waals surface area (Å²) < 4.78 is 3.28. The number of aromatic nitrogens is 2. The van der Waals surface area contributed by atoms with Crippen LogP contribution in [-0.4, -0.2) is 20.6 Å². The van der Waals surface area contributed by atoms with Crippen LogP contribution in [0.1, 0.15) is 44.8 Å². The van der Waals surface area contributed by atoms with Crippen LogP contribution in [0.15, 0.2) is 6.20 Å². The zero-order valence-electron chi connectivity index (χ0n) is 10.0. The first-order chi connectivity index (χ1) is 7.77. The van der Waals surface area contributed by atoms with Crippen molar-refractivity contribution >= 4 is 24.0 Å². The van der Waals surface area contributed by atoms with Crippen molar-refractivity contribution < 1.29 is 0 Å². The molecule has 0 spiro atoms. The quantitative estimate of drug-likeness (QED) is 0.823. The molecule has 2 nitrogen and oxygen atoms in total. The smallest absolute Gasteiger partial charge is 0.177 e. The van der Waals surface area contributed by atoms with Crippen molar-refractivity contribution in [3.05, 3.63) is 16.7 Å². The highest BCUT2D eigenvalue weighted by Crippen LogP contribution is 2.39. The number of nitrogens with zero attached hydrogens (tertiary/aromatic N) is 1. The second-order valence-electron chi connectivity index (χ2n) is 4.30. The molecule has 1 aliphatic rings. The zero-order chi connectivity index (χ0) is 11.5. The summed E-state index contributed by atoms with van der Waals surface area (Å²) in [6.07, 6.45) is 7.12. The van der Waals surface area contributed by atoms with Gasteiger partial charge in [0.2, 0.25) is 0 Å². The number of thioether (sulfide) groups is 1. The highest BCUT2D eigenvalue weighted by atomic mass is 32.2. The van der Waals surface area contributed by atoms with E-state index >= 15 is 0 Å². The van der Waals surface area contributed by atoms with Gasteiger partial charge >= 0.3 is 0 Å². The number of aromatic amines is 1. The van der Waals surface area contributed by atoms with Crippen LogP contribution < -0.4 is 0 Å². The SMILES string of the molecule is CCSC1CCCC1n1c(CC)c[nH]c1=S. The van der Waals surface area contributed by atoms with Crippen molar-refractivity contribution in [1.82, 2.24) is 9.55 Å². The van der Waals surface area contributed by atoms with E-state index in [0.29, 0.717) is 6.04 Å². The number of hydrogen-bond donors (Lipinski definition) is 1. The van der Waals surface area contributed by atoms with Crippen molar-refractivity contribution in [2.24, 2.45) is 0 Å². The van der Waals surface area contributed by atoms with Gasteiger partial charge in [-0.05, 0) is 37.2 Å². The maximum Gasteiger partial charge on any atom is 0.177 e. The molecule has 4 heteroatoms. The third kappa shape index (κ3) is 2.23. The number of H-pyrrole nitrogens is 1. The van der Waals surface area contributed by atoms with Gasteiger partial charge in [-0.3, -0.25) is 0 Å². The first kappa shape index (κ1) is 12.2.